The van der Waals surface area contributed by atoms with Crippen molar-refractivity contribution in [2.75, 3.05) is 12.4 Å². The van der Waals surface area contributed by atoms with Crippen LogP contribution in [0.15, 0.2) is 72.8 Å². The Morgan fingerprint density at radius 1 is 0.966 bits per heavy atom. The second kappa shape index (κ2) is 10.0. The zero-order valence-corrected chi connectivity index (χ0v) is 17.2. The number of hydrogen-bond acceptors (Lipinski definition) is 3. The van der Waals surface area contributed by atoms with Crippen LogP contribution >= 0.6 is 23.2 Å². The number of nitrogens with one attached hydrogen (secondary N) is 1. The Kier molecular flexibility index (Phi) is 7.17. The molecule has 3 rings (SSSR count). The molecule has 1 amide bonds. The van der Waals surface area contributed by atoms with Crippen LogP contribution in [0.2, 0.25) is 10.0 Å². The van der Waals surface area contributed by atoms with Gasteiger partial charge in [-0.15, -0.1) is 0 Å². The van der Waals surface area contributed by atoms with Gasteiger partial charge in [0.25, 0.3) is 0 Å². The quantitative estimate of drug-likeness (QED) is 0.454. The van der Waals surface area contributed by atoms with E-state index in [9.17, 15) is 4.79 Å². The number of hydrogen-bond donors (Lipinski definition) is 1. The molecular weight excluding hydrogens is 409 g/mol. The van der Waals surface area contributed by atoms with Crippen LogP contribution in [0.3, 0.4) is 0 Å². The summed E-state index contributed by atoms with van der Waals surface area (Å²) in [6.45, 7) is 0.441. The van der Waals surface area contributed by atoms with Gasteiger partial charge in [-0.2, -0.15) is 0 Å². The standard InChI is InChI=1S/C23H19Cl2NO3/c1-28-22-11-16(7-9-21(22)29-15-17-5-3-2-4-6-17)8-10-23(27)26-20-13-18(24)12-19(25)14-20/h2-14H,15H2,1H3,(H,26,27). The van der Waals surface area contributed by atoms with E-state index in [1.165, 1.54) is 6.08 Å². The Bertz CT molecular complexity index is 1000. The van der Waals surface area contributed by atoms with Crippen molar-refractivity contribution >= 4 is 40.9 Å². The fourth-order valence-electron chi connectivity index (χ4n) is 2.62. The summed E-state index contributed by atoms with van der Waals surface area (Å²) in [5.41, 5.74) is 2.39. The number of carbonyl (C=O) groups excluding carboxylic acids is 1. The van der Waals surface area contributed by atoms with Crippen LogP contribution in [0, 0.1) is 0 Å². The van der Waals surface area contributed by atoms with E-state index in [-0.39, 0.29) is 5.91 Å². The lowest BCUT2D eigenvalue weighted by Crippen LogP contribution is -2.07. The Balaban J connectivity index is 1.65. The van der Waals surface area contributed by atoms with Gasteiger partial charge in [-0.1, -0.05) is 59.6 Å². The molecule has 0 unspecified atom stereocenters. The predicted octanol–water partition coefficient (Wildman–Crippen LogP) is 6.23. The average Bonchev–Trinajstić information content (AvgIpc) is 2.71. The molecule has 29 heavy (non-hydrogen) atoms. The number of rotatable bonds is 7. The van der Waals surface area contributed by atoms with Crippen molar-refractivity contribution in [2.24, 2.45) is 0 Å². The molecule has 1 N–H and O–H groups in total. The molecule has 0 aliphatic carbocycles. The van der Waals surface area contributed by atoms with Gasteiger partial charge in [0, 0.05) is 21.8 Å². The van der Waals surface area contributed by atoms with Crippen molar-refractivity contribution in [2.45, 2.75) is 6.61 Å². The molecule has 3 aromatic carbocycles. The van der Waals surface area contributed by atoms with Crippen LogP contribution in [-0.4, -0.2) is 13.0 Å². The van der Waals surface area contributed by atoms with Gasteiger partial charge in [0.1, 0.15) is 6.61 Å². The molecule has 0 saturated heterocycles. The minimum Gasteiger partial charge on any atom is -0.493 e. The van der Waals surface area contributed by atoms with Crippen LogP contribution in [-0.2, 0) is 11.4 Å². The highest BCUT2D eigenvalue weighted by molar-refractivity contribution is 6.35. The summed E-state index contributed by atoms with van der Waals surface area (Å²) >= 11 is 11.9. The topological polar surface area (TPSA) is 47.6 Å². The fraction of sp³-hybridized carbons (Fsp3) is 0.0870. The van der Waals surface area contributed by atoms with Crippen LogP contribution in [0.1, 0.15) is 11.1 Å². The van der Waals surface area contributed by atoms with Crippen LogP contribution < -0.4 is 14.8 Å². The molecule has 0 fully saturated rings. The molecule has 3 aromatic rings. The molecule has 0 saturated carbocycles. The van der Waals surface area contributed by atoms with Crippen LogP contribution in [0.25, 0.3) is 6.08 Å². The molecule has 0 aliphatic heterocycles. The van der Waals surface area contributed by atoms with Crippen molar-refractivity contribution in [1.82, 2.24) is 0 Å². The Morgan fingerprint density at radius 2 is 1.69 bits per heavy atom. The highest BCUT2D eigenvalue weighted by Crippen LogP contribution is 2.29. The van der Waals surface area contributed by atoms with Gasteiger partial charge < -0.3 is 14.8 Å². The molecule has 0 atom stereocenters. The number of carbonyl (C=O) groups is 1. The van der Waals surface area contributed by atoms with Crippen molar-refractivity contribution in [1.29, 1.82) is 0 Å². The van der Waals surface area contributed by atoms with Gasteiger partial charge in [-0.05, 0) is 47.5 Å². The van der Waals surface area contributed by atoms with E-state index < -0.39 is 0 Å². The van der Waals surface area contributed by atoms with Crippen molar-refractivity contribution < 1.29 is 14.3 Å². The summed E-state index contributed by atoms with van der Waals surface area (Å²) in [6.07, 6.45) is 3.11. The number of methoxy groups -OCH3 is 1. The molecule has 0 aromatic heterocycles. The summed E-state index contributed by atoms with van der Waals surface area (Å²) in [7, 11) is 1.58. The number of anilines is 1. The molecule has 0 aliphatic rings. The van der Waals surface area contributed by atoms with Gasteiger partial charge in [-0.25, -0.2) is 0 Å². The first-order valence-corrected chi connectivity index (χ1v) is 9.59. The maximum atomic E-state index is 12.1. The van der Waals surface area contributed by atoms with E-state index >= 15 is 0 Å². The first kappa shape index (κ1) is 20.8. The lowest BCUT2D eigenvalue weighted by atomic mass is 10.2. The summed E-state index contributed by atoms with van der Waals surface area (Å²) in [4.78, 5) is 12.1. The van der Waals surface area contributed by atoms with Crippen molar-refractivity contribution in [3.05, 3.63) is 94.0 Å². The van der Waals surface area contributed by atoms with Crippen molar-refractivity contribution in [3.8, 4) is 11.5 Å². The van der Waals surface area contributed by atoms with Crippen LogP contribution in [0.5, 0.6) is 11.5 Å². The largest absolute Gasteiger partial charge is 0.493 e. The molecule has 0 spiro atoms. The van der Waals surface area contributed by atoms with E-state index in [1.54, 1.807) is 37.5 Å². The third kappa shape index (κ3) is 6.28. The van der Waals surface area contributed by atoms with Gasteiger partial charge >= 0.3 is 0 Å². The molecular formula is C23H19Cl2NO3. The molecule has 4 nitrogen and oxygen atoms in total. The second-order valence-corrected chi connectivity index (χ2v) is 7.04. The van der Waals surface area contributed by atoms with E-state index in [4.69, 9.17) is 32.7 Å². The minimum absolute atomic E-state index is 0.299. The lowest BCUT2D eigenvalue weighted by Gasteiger charge is -2.11. The zero-order valence-electron chi connectivity index (χ0n) is 15.7. The van der Waals surface area contributed by atoms with Crippen LogP contribution in [0.4, 0.5) is 5.69 Å². The third-order valence-electron chi connectivity index (χ3n) is 3.98. The van der Waals surface area contributed by atoms with Gasteiger partial charge in [0.15, 0.2) is 11.5 Å². The number of amides is 1. The van der Waals surface area contributed by atoms with E-state index in [2.05, 4.69) is 5.32 Å². The molecule has 148 valence electrons. The average molecular weight is 428 g/mol. The second-order valence-electron chi connectivity index (χ2n) is 6.17. The summed E-state index contributed by atoms with van der Waals surface area (Å²) in [6, 6.07) is 20.2. The van der Waals surface area contributed by atoms with E-state index in [0.29, 0.717) is 33.8 Å². The monoisotopic (exact) mass is 427 g/mol. The Labute approximate surface area is 179 Å². The highest BCUT2D eigenvalue weighted by Gasteiger charge is 2.06. The molecule has 0 radical (unpaired) electrons. The van der Waals surface area contributed by atoms with E-state index in [0.717, 1.165) is 11.1 Å². The SMILES string of the molecule is COc1cc(C=CC(=O)Nc2cc(Cl)cc(Cl)c2)ccc1OCc1ccccc1. The van der Waals surface area contributed by atoms with Gasteiger partial charge in [0.2, 0.25) is 5.91 Å². The Hall–Kier alpha value is -2.95. The zero-order chi connectivity index (χ0) is 20.6. The molecule has 0 bridgehead atoms. The summed E-state index contributed by atoms with van der Waals surface area (Å²) in [5.74, 6) is 0.920. The third-order valence-corrected chi connectivity index (χ3v) is 4.42. The fourth-order valence-corrected chi connectivity index (χ4v) is 3.15. The maximum Gasteiger partial charge on any atom is 0.248 e. The first-order chi connectivity index (χ1) is 14.0. The van der Waals surface area contributed by atoms with Gasteiger partial charge in [0.05, 0.1) is 7.11 Å². The minimum atomic E-state index is -0.299. The highest BCUT2D eigenvalue weighted by atomic mass is 35.5. The smallest absolute Gasteiger partial charge is 0.248 e. The molecule has 6 heteroatoms. The lowest BCUT2D eigenvalue weighted by molar-refractivity contribution is -0.111. The number of benzene rings is 3. The number of halogens is 2. The normalized spacial score (nSPS) is 10.7. The van der Waals surface area contributed by atoms with Gasteiger partial charge in [-0.3, -0.25) is 4.79 Å². The maximum absolute atomic E-state index is 12.1. The predicted molar refractivity (Wildman–Crippen MR) is 118 cm³/mol. The first-order valence-electron chi connectivity index (χ1n) is 8.83. The summed E-state index contributed by atoms with van der Waals surface area (Å²) < 4.78 is 11.3. The van der Waals surface area contributed by atoms with Crippen molar-refractivity contribution in [3.63, 3.8) is 0 Å². The summed E-state index contributed by atoms with van der Waals surface area (Å²) in [5, 5.41) is 3.62. The van der Waals surface area contributed by atoms with E-state index in [1.807, 2.05) is 42.5 Å². The molecule has 0 heterocycles. The Morgan fingerprint density at radius 3 is 2.38 bits per heavy atom. The number of ether oxygens (including phenoxy) is 2.